The maximum Gasteiger partial charge on any atom is 0.264 e. The Morgan fingerprint density at radius 2 is 1.39 bits per heavy atom. The molecule has 0 fully saturated rings. The van der Waals surface area contributed by atoms with E-state index in [1.54, 1.807) is 24.3 Å². The second kappa shape index (κ2) is 14.6. The lowest BCUT2D eigenvalue weighted by molar-refractivity contribution is -0.139. The Labute approximate surface area is 259 Å². The zero-order valence-corrected chi connectivity index (χ0v) is 26.1. The Morgan fingerprint density at radius 3 is 1.95 bits per heavy atom. The summed E-state index contributed by atoms with van der Waals surface area (Å²) in [6.45, 7) is 1.44. The average molecular weight is 616 g/mol. The number of carbonyl (C=O) groups excluding carboxylic acids is 2. The van der Waals surface area contributed by atoms with Crippen molar-refractivity contribution in [1.82, 2.24) is 10.2 Å². The second-order valence-electron chi connectivity index (χ2n) is 10.2. The number of methoxy groups -OCH3 is 2. The van der Waals surface area contributed by atoms with Gasteiger partial charge < -0.3 is 19.7 Å². The highest BCUT2D eigenvalue weighted by Gasteiger charge is 2.34. The third kappa shape index (κ3) is 7.57. The van der Waals surface area contributed by atoms with Crippen molar-refractivity contribution in [2.75, 3.05) is 32.1 Å². The fourth-order valence-electron chi connectivity index (χ4n) is 4.84. The third-order valence-corrected chi connectivity index (χ3v) is 9.03. The Bertz CT molecular complexity index is 1660. The second-order valence-corrected chi connectivity index (χ2v) is 12.1. The molecule has 9 nitrogen and oxygen atoms in total. The van der Waals surface area contributed by atoms with Gasteiger partial charge in [-0.1, -0.05) is 78.4 Å². The van der Waals surface area contributed by atoms with Crippen LogP contribution in [-0.2, 0) is 32.6 Å². The number of amides is 2. The van der Waals surface area contributed by atoms with E-state index in [9.17, 15) is 18.0 Å². The zero-order valence-electron chi connectivity index (χ0n) is 25.3. The first kappa shape index (κ1) is 32.1. The number of sulfonamides is 1. The topological polar surface area (TPSA) is 105 Å². The van der Waals surface area contributed by atoms with Gasteiger partial charge in [0.2, 0.25) is 11.8 Å². The predicted octanol–water partition coefficient (Wildman–Crippen LogP) is 4.59. The number of aryl methyl sites for hydroxylation is 1. The summed E-state index contributed by atoms with van der Waals surface area (Å²) in [7, 11) is 0.113. The highest BCUT2D eigenvalue weighted by atomic mass is 32.2. The summed E-state index contributed by atoms with van der Waals surface area (Å²) in [5.74, 6) is -0.296. The number of rotatable bonds is 13. The molecule has 0 heterocycles. The van der Waals surface area contributed by atoms with E-state index in [0.29, 0.717) is 11.4 Å². The van der Waals surface area contributed by atoms with Crippen LogP contribution in [0.5, 0.6) is 11.5 Å². The molecule has 0 aromatic heterocycles. The Morgan fingerprint density at radius 1 is 0.795 bits per heavy atom. The van der Waals surface area contributed by atoms with Gasteiger partial charge in [0.05, 0.1) is 24.8 Å². The minimum Gasteiger partial charge on any atom is -0.493 e. The summed E-state index contributed by atoms with van der Waals surface area (Å²) in [6, 6.07) is 28.9. The van der Waals surface area contributed by atoms with E-state index in [1.165, 1.54) is 44.4 Å². The molecule has 0 unspecified atom stereocenters. The summed E-state index contributed by atoms with van der Waals surface area (Å²) < 4.78 is 40.2. The molecule has 0 aliphatic rings. The van der Waals surface area contributed by atoms with Crippen LogP contribution >= 0.6 is 0 Å². The van der Waals surface area contributed by atoms with Crippen molar-refractivity contribution in [1.29, 1.82) is 0 Å². The molecule has 0 aliphatic heterocycles. The van der Waals surface area contributed by atoms with Crippen LogP contribution in [-0.4, -0.2) is 59.0 Å². The number of hydrogen-bond acceptors (Lipinski definition) is 6. The van der Waals surface area contributed by atoms with Gasteiger partial charge in [0.1, 0.15) is 12.6 Å². The molecular formula is C34H37N3O6S. The van der Waals surface area contributed by atoms with Gasteiger partial charge in [-0.05, 0) is 42.3 Å². The lowest BCUT2D eigenvalue weighted by Crippen LogP contribution is -2.53. The van der Waals surface area contributed by atoms with Crippen molar-refractivity contribution in [3.63, 3.8) is 0 Å². The molecular weight excluding hydrogens is 578 g/mol. The van der Waals surface area contributed by atoms with Crippen LogP contribution in [0.3, 0.4) is 0 Å². The highest BCUT2D eigenvalue weighted by molar-refractivity contribution is 7.92. The Kier molecular flexibility index (Phi) is 10.6. The Hall–Kier alpha value is -4.83. The van der Waals surface area contributed by atoms with E-state index >= 15 is 0 Å². The summed E-state index contributed by atoms with van der Waals surface area (Å²) in [4.78, 5) is 29.1. The van der Waals surface area contributed by atoms with E-state index in [-0.39, 0.29) is 29.5 Å². The average Bonchev–Trinajstić information content (AvgIpc) is 3.05. The largest absolute Gasteiger partial charge is 0.493 e. The molecule has 0 saturated heterocycles. The van der Waals surface area contributed by atoms with Crippen molar-refractivity contribution in [2.24, 2.45) is 0 Å². The minimum absolute atomic E-state index is 0.0785. The van der Waals surface area contributed by atoms with Gasteiger partial charge in [0, 0.05) is 26.1 Å². The summed E-state index contributed by atoms with van der Waals surface area (Å²) in [5.41, 5.74) is 2.89. The Balaban J connectivity index is 1.79. The molecule has 1 atom stereocenters. The monoisotopic (exact) mass is 615 g/mol. The van der Waals surface area contributed by atoms with Crippen LogP contribution in [0.25, 0.3) is 0 Å². The van der Waals surface area contributed by atoms with Gasteiger partial charge in [-0.15, -0.1) is 0 Å². The number of benzene rings is 4. The number of ether oxygens (including phenoxy) is 2. The van der Waals surface area contributed by atoms with Gasteiger partial charge in [0.15, 0.2) is 11.5 Å². The number of nitrogens with zero attached hydrogens (tertiary/aromatic N) is 2. The third-order valence-electron chi connectivity index (χ3n) is 7.26. The molecule has 230 valence electrons. The van der Waals surface area contributed by atoms with E-state index in [2.05, 4.69) is 5.32 Å². The molecule has 0 radical (unpaired) electrons. The first-order chi connectivity index (χ1) is 21.2. The van der Waals surface area contributed by atoms with E-state index in [4.69, 9.17) is 9.47 Å². The number of carbonyl (C=O) groups is 2. The molecule has 0 spiro atoms. The van der Waals surface area contributed by atoms with Crippen molar-refractivity contribution in [3.8, 4) is 11.5 Å². The fourth-order valence-corrected chi connectivity index (χ4v) is 6.27. The first-order valence-electron chi connectivity index (χ1n) is 14.1. The molecule has 1 N–H and O–H groups in total. The number of nitrogens with one attached hydrogen (secondary N) is 1. The molecule has 0 bridgehead atoms. The number of anilines is 1. The van der Waals surface area contributed by atoms with Crippen molar-refractivity contribution >= 4 is 27.5 Å². The smallest absolute Gasteiger partial charge is 0.264 e. The molecule has 0 saturated carbocycles. The number of hydrogen-bond donors (Lipinski definition) is 1. The maximum atomic E-state index is 14.3. The predicted molar refractivity (Wildman–Crippen MR) is 170 cm³/mol. The van der Waals surface area contributed by atoms with Gasteiger partial charge in [-0.2, -0.15) is 0 Å². The SMILES string of the molecule is CNC(=O)[C@H](Cc1ccccc1)N(Cc1ccccc1)C(=O)CN(c1ccc(C)cc1)S(=O)(=O)c1ccc(OC)c(OC)c1. The molecule has 10 heteroatoms. The van der Waals surface area contributed by atoms with Gasteiger partial charge in [0.25, 0.3) is 10.0 Å². The van der Waals surface area contributed by atoms with E-state index in [1.807, 2.05) is 67.6 Å². The van der Waals surface area contributed by atoms with Gasteiger partial charge in [-0.3, -0.25) is 13.9 Å². The first-order valence-corrected chi connectivity index (χ1v) is 15.5. The van der Waals surface area contributed by atoms with Crippen LogP contribution in [0.15, 0.2) is 108 Å². The summed E-state index contributed by atoms with van der Waals surface area (Å²) in [6.07, 6.45) is 0.242. The van der Waals surface area contributed by atoms with Crippen molar-refractivity contribution in [3.05, 3.63) is 120 Å². The lowest BCUT2D eigenvalue weighted by atomic mass is 10.0. The molecule has 0 aliphatic carbocycles. The number of likely N-dealkylation sites (N-methyl/N-ethyl adjacent to an activating group) is 1. The quantitative estimate of drug-likeness (QED) is 0.236. The normalized spacial score (nSPS) is 11.7. The zero-order chi connectivity index (χ0) is 31.7. The van der Waals surface area contributed by atoms with Gasteiger partial charge in [-0.25, -0.2) is 8.42 Å². The van der Waals surface area contributed by atoms with Crippen LogP contribution in [0, 0.1) is 6.92 Å². The summed E-state index contributed by atoms with van der Waals surface area (Å²) >= 11 is 0. The van der Waals surface area contributed by atoms with Crippen LogP contribution < -0.4 is 19.1 Å². The molecule has 4 aromatic rings. The minimum atomic E-state index is -4.29. The van der Waals surface area contributed by atoms with Crippen LogP contribution in [0.1, 0.15) is 16.7 Å². The van der Waals surface area contributed by atoms with Crippen LogP contribution in [0.4, 0.5) is 5.69 Å². The van der Waals surface area contributed by atoms with Gasteiger partial charge >= 0.3 is 0 Å². The molecule has 44 heavy (non-hydrogen) atoms. The molecule has 4 rings (SSSR count). The summed E-state index contributed by atoms with van der Waals surface area (Å²) in [5, 5.41) is 2.69. The maximum absolute atomic E-state index is 14.3. The van der Waals surface area contributed by atoms with E-state index in [0.717, 1.165) is 21.0 Å². The fraction of sp³-hybridized carbons (Fsp3) is 0.235. The standard InChI is InChI=1S/C34H37N3O6S/c1-25-15-17-28(18-16-25)37(44(40,41)29-19-20-31(42-3)32(22-29)43-4)24-33(38)36(23-27-13-9-6-10-14-27)30(34(39)35-2)21-26-11-7-5-8-12-26/h5-20,22,30H,21,23-24H2,1-4H3,(H,35,39)/t30-/m0/s1. The molecule has 2 amide bonds. The lowest BCUT2D eigenvalue weighted by Gasteiger charge is -2.33. The highest BCUT2D eigenvalue weighted by Crippen LogP contribution is 2.32. The molecule has 4 aromatic carbocycles. The van der Waals surface area contributed by atoms with Crippen molar-refractivity contribution < 1.29 is 27.5 Å². The van der Waals surface area contributed by atoms with Crippen molar-refractivity contribution in [2.45, 2.75) is 30.8 Å². The van der Waals surface area contributed by atoms with E-state index < -0.39 is 28.5 Å². The van der Waals surface area contributed by atoms with Crippen LogP contribution in [0.2, 0.25) is 0 Å².